The summed E-state index contributed by atoms with van der Waals surface area (Å²) in [5.74, 6) is 0.808. The minimum atomic E-state index is 0.0408. The number of nitrogens with zero attached hydrogens (tertiary/aromatic N) is 1. The van der Waals surface area contributed by atoms with Crippen molar-refractivity contribution in [1.29, 1.82) is 0 Å². The first kappa shape index (κ1) is 13.6. The van der Waals surface area contributed by atoms with Gasteiger partial charge in [0.05, 0.1) is 19.2 Å². The van der Waals surface area contributed by atoms with Gasteiger partial charge in [-0.15, -0.1) is 11.3 Å². The van der Waals surface area contributed by atoms with Crippen LogP contribution in [-0.4, -0.2) is 29.4 Å². The van der Waals surface area contributed by atoms with Gasteiger partial charge in [0, 0.05) is 34.3 Å². The first-order valence-corrected chi connectivity index (χ1v) is 7.40. The molecule has 0 amide bonds. The summed E-state index contributed by atoms with van der Waals surface area (Å²) in [7, 11) is 1.63. The lowest BCUT2D eigenvalue weighted by molar-refractivity contribution is 0.101. The number of benzene rings is 1. The molecular formula is C15H15N3O2S. The van der Waals surface area contributed by atoms with Crippen LogP contribution in [0.5, 0.6) is 5.75 Å². The van der Waals surface area contributed by atoms with Crippen LogP contribution in [0, 0.1) is 6.92 Å². The minimum absolute atomic E-state index is 0.0408. The Morgan fingerprint density at radius 2 is 2.33 bits per heavy atom. The number of aromatic amines is 1. The molecule has 0 saturated carbocycles. The fraction of sp³-hybridized carbons (Fsp3) is 0.200. The predicted octanol–water partition coefficient (Wildman–Crippen LogP) is 3.24. The van der Waals surface area contributed by atoms with Crippen molar-refractivity contribution in [2.75, 3.05) is 19.0 Å². The van der Waals surface area contributed by atoms with Crippen molar-refractivity contribution in [3.05, 3.63) is 41.0 Å². The molecule has 1 aromatic carbocycles. The number of anilines is 1. The number of rotatable bonds is 5. The summed E-state index contributed by atoms with van der Waals surface area (Å²) >= 11 is 1.48. The van der Waals surface area contributed by atoms with Crippen LogP contribution in [0.3, 0.4) is 0 Å². The molecular weight excluding hydrogens is 286 g/mol. The van der Waals surface area contributed by atoms with Crippen LogP contribution in [0.15, 0.2) is 29.8 Å². The molecule has 0 aliphatic heterocycles. The lowest BCUT2D eigenvalue weighted by Gasteiger charge is -2.03. The zero-order valence-electron chi connectivity index (χ0n) is 11.8. The van der Waals surface area contributed by atoms with Crippen molar-refractivity contribution >= 4 is 33.2 Å². The molecule has 3 aromatic rings. The van der Waals surface area contributed by atoms with Gasteiger partial charge in [-0.3, -0.25) is 4.79 Å². The average Bonchev–Trinajstić information content (AvgIpc) is 3.10. The second-order valence-electron chi connectivity index (χ2n) is 4.65. The van der Waals surface area contributed by atoms with Crippen molar-refractivity contribution < 1.29 is 9.53 Å². The molecule has 6 heteroatoms. The highest BCUT2D eigenvalue weighted by Gasteiger charge is 2.16. The Morgan fingerprint density at radius 1 is 1.48 bits per heavy atom. The number of ketones is 1. The molecule has 0 bridgehead atoms. The number of carbonyl (C=O) groups is 1. The fourth-order valence-corrected chi connectivity index (χ4v) is 2.88. The Hall–Kier alpha value is -2.34. The monoisotopic (exact) mass is 301 g/mol. The molecule has 108 valence electrons. The number of aryl methyl sites for hydroxylation is 1. The SMILES string of the molecule is COc1ccc2c(C(=O)CNc3nccs3)c(C)[nH]c2c1. The first-order chi connectivity index (χ1) is 10.2. The molecule has 0 unspecified atom stereocenters. The van der Waals surface area contributed by atoms with E-state index >= 15 is 0 Å². The molecule has 0 radical (unpaired) electrons. The van der Waals surface area contributed by atoms with Crippen LogP contribution in [0.4, 0.5) is 5.13 Å². The number of methoxy groups -OCH3 is 1. The van der Waals surface area contributed by atoms with E-state index < -0.39 is 0 Å². The maximum absolute atomic E-state index is 12.5. The summed E-state index contributed by atoms with van der Waals surface area (Å²) < 4.78 is 5.20. The quantitative estimate of drug-likeness (QED) is 0.710. The molecule has 5 nitrogen and oxygen atoms in total. The standard InChI is InChI=1S/C15H15N3O2S/c1-9-14(13(19)8-17-15-16-5-6-21-15)11-4-3-10(20-2)7-12(11)18-9/h3-7,18H,8H2,1-2H3,(H,16,17). The van der Waals surface area contributed by atoms with Crippen LogP contribution in [0.25, 0.3) is 10.9 Å². The van der Waals surface area contributed by atoms with E-state index in [-0.39, 0.29) is 12.3 Å². The first-order valence-electron chi connectivity index (χ1n) is 6.52. The van der Waals surface area contributed by atoms with Crippen LogP contribution >= 0.6 is 11.3 Å². The number of hydrogen-bond acceptors (Lipinski definition) is 5. The normalized spacial score (nSPS) is 10.8. The molecule has 0 saturated heterocycles. The van der Waals surface area contributed by atoms with Gasteiger partial charge >= 0.3 is 0 Å². The van der Waals surface area contributed by atoms with E-state index in [2.05, 4.69) is 15.3 Å². The Balaban J connectivity index is 1.88. The number of hydrogen-bond donors (Lipinski definition) is 2. The second kappa shape index (κ2) is 5.57. The van der Waals surface area contributed by atoms with Gasteiger partial charge in [-0.1, -0.05) is 0 Å². The second-order valence-corrected chi connectivity index (χ2v) is 5.55. The van der Waals surface area contributed by atoms with Gasteiger partial charge in [0.15, 0.2) is 10.9 Å². The van der Waals surface area contributed by atoms with Gasteiger partial charge in [-0.25, -0.2) is 4.98 Å². The molecule has 0 fully saturated rings. The van der Waals surface area contributed by atoms with Crippen molar-refractivity contribution in [3.63, 3.8) is 0 Å². The Bertz CT molecular complexity index is 778. The van der Waals surface area contributed by atoms with E-state index in [1.165, 1.54) is 11.3 Å². The van der Waals surface area contributed by atoms with Crippen molar-refractivity contribution in [2.24, 2.45) is 0 Å². The lowest BCUT2D eigenvalue weighted by atomic mass is 10.1. The summed E-state index contributed by atoms with van der Waals surface area (Å²) in [6, 6.07) is 5.67. The Morgan fingerprint density at radius 3 is 3.05 bits per heavy atom. The van der Waals surface area contributed by atoms with Gasteiger partial charge in [0.2, 0.25) is 0 Å². The number of Topliss-reactive ketones (excluding diaryl/α,β-unsaturated/α-hetero) is 1. The summed E-state index contributed by atoms with van der Waals surface area (Å²) in [4.78, 5) is 19.8. The fourth-order valence-electron chi connectivity index (χ4n) is 2.35. The topological polar surface area (TPSA) is 67.0 Å². The van der Waals surface area contributed by atoms with Gasteiger partial charge in [-0.2, -0.15) is 0 Å². The van der Waals surface area contributed by atoms with Crippen LogP contribution in [-0.2, 0) is 0 Å². The van der Waals surface area contributed by atoms with Crippen molar-refractivity contribution in [2.45, 2.75) is 6.92 Å². The molecule has 0 atom stereocenters. The van der Waals surface area contributed by atoms with Crippen molar-refractivity contribution in [1.82, 2.24) is 9.97 Å². The summed E-state index contributed by atoms with van der Waals surface area (Å²) in [6.07, 6.45) is 1.71. The summed E-state index contributed by atoms with van der Waals surface area (Å²) in [5, 5.41) is 6.59. The average molecular weight is 301 g/mol. The smallest absolute Gasteiger partial charge is 0.184 e. The Labute approximate surface area is 126 Å². The number of nitrogens with one attached hydrogen (secondary N) is 2. The number of thiazole rings is 1. The zero-order valence-corrected chi connectivity index (χ0v) is 12.6. The molecule has 21 heavy (non-hydrogen) atoms. The molecule has 2 N–H and O–H groups in total. The summed E-state index contributed by atoms with van der Waals surface area (Å²) in [6.45, 7) is 2.14. The van der Waals surface area contributed by atoms with E-state index in [1.54, 1.807) is 13.3 Å². The van der Waals surface area contributed by atoms with E-state index in [0.717, 1.165) is 33.0 Å². The molecule has 3 rings (SSSR count). The third kappa shape index (κ3) is 2.62. The number of aromatic nitrogens is 2. The van der Waals surface area contributed by atoms with Gasteiger partial charge in [-0.05, 0) is 19.1 Å². The maximum Gasteiger partial charge on any atom is 0.184 e. The van der Waals surface area contributed by atoms with Crippen LogP contribution in [0.1, 0.15) is 16.1 Å². The largest absolute Gasteiger partial charge is 0.497 e. The number of fused-ring (bicyclic) bond motifs is 1. The maximum atomic E-state index is 12.5. The minimum Gasteiger partial charge on any atom is -0.497 e. The molecule has 0 aliphatic rings. The summed E-state index contributed by atoms with van der Waals surface area (Å²) in [5.41, 5.74) is 2.49. The third-order valence-electron chi connectivity index (χ3n) is 3.30. The van der Waals surface area contributed by atoms with Crippen LogP contribution in [0.2, 0.25) is 0 Å². The number of carbonyl (C=O) groups excluding carboxylic acids is 1. The van der Waals surface area contributed by atoms with Crippen LogP contribution < -0.4 is 10.1 Å². The highest BCUT2D eigenvalue weighted by Crippen LogP contribution is 2.26. The van der Waals surface area contributed by atoms with Crippen molar-refractivity contribution in [3.8, 4) is 5.75 Å². The predicted molar refractivity (Wildman–Crippen MR) is 84.5 cm³/mol. The highest BCUT2D eigenvalue weighted by atomic mass is 32.1. The lowest BCUT2D eigenvalue weighted by Crippen LogP contribution is -2.14. The van der Waals surface area contributed by atoms with E-state index in [0.29, 0.717) is 0 Å². The van der Waals surface area contributed by atoms with E-state index in [9.17, 15) is 4.79 Å². The number of ether oxygens (including phenoxy) is 1. The zero-order chi connectivity index (χ0) is 14.8. The van der Waals surface area contributed by atoms with Gasteiger partial charge in [0.1, 0.15) is 5.75 Å². The van der Waals surface area contributed by atoms with Gasteiger partial charge < -0.3 is 15.0 Å². The highest BCUT2D eigenvalue weighted by molar-refractivity contribution is 7.13. The third-order valence-corrected chi connectivity index (χ3v) is 4.04. The number of H-pyrrole nitrogens is 1. The van der Waals surface area contributed by atoms with Gasteiger partial charge in [0.25, 0.3) is 0 Å². The van der Waals surface area contributed by atoms with E-state index in [4.69, 9.17) is 4.74 Å². The molecule has 0 aliphatic carbocycles. The Kier molecular flexibility index (Phi) is 3.62. The van der Waals surface area contributed by atoms with E-state index in [1.807, 2.05) is 30.5 Å². The molecule has 2 heterocycles. The molecule has 0 spiro atoms. The molecule has 2 aromatic heterocycles.